The molecule has 4 nitrogen and oxygen atoms in total. The first kappa shape index (κ1) is 14.2. The number of furan rings is 1. The lowest BCUT2D eigenvalue weighted by Gasteiger charge is -2.16. The second kappa shape index (κ2) is 6.78. The van der Waals surface area contributed by atoms with Gasteiger partial charge in [0.05, 0.1) is 6.04 Å². The maximum atomic E-state index is 5.85. The molecule has 0 aliphatic heterocycles. The molecule has 0 radical (unpaired) electrons. The summed E-state index contributed by atoms with van der Waals surface area (Å²) in [5.74, 6) is 0.903. The highest BCUT2D eigenvalue weighted by Crippen LogP contribution is 2.23. The van der Waals surface area contributed by atoms with Crippen molar-refractivity contribution in [2.45, 2.75) is 32.2 Å². The smallest absolute Gasteiger partial charge is 0.193 e. The van der Waals surface area contributed by atoms with Gasteiger partial charge in [-0.1, -0.05) is 6.92 Å². The van der Waals surface area contributed by atoms with E-state index >= 15 is 0 Å². The zero-order valence-electron chi connectivity index (χ0n) is 11.4. The molecular formula is C14H20ClN3O. The van der Waals surface area contributed by atoms with Crippen molar-refractivity contribution in [3.05, 3.63) is 41.1 Å². The largest absolute Gasteiger partial charge is 0.448 e. The summed E-state index contributed by atoms with van der Waals surface area (Å²) in [7, 11) is 1.97. The Morgan fingerprint density at radius 1 is 1.42 bits per heavy atom. The number of hydrogen-bond acceptors (Lipinski definition) is 3. The molecule has 104 valence electrons. The lowest BCUT2D eigenvalue weighted by atomic mass is 10.1. The van der Waals surface area contributed by atoms with Crippen LogP contribution in [0.1, 0.15) is 37.3 Å². The van der Waals surface area contributed by atoms with Crippen molar-refractivity contribution < 1.29 is 4.42 Å². The van der Waals surface area contributed by atoms with E-state index in [9.17, 15) is 0 Å². The number of rotatable bonds is 7. The van der Waals surface area contributed by atoms with Gasteiger partial charge in [-0.25, -0.2) is 0 Å². The van der Waals surface area contributed by atoms with E-state index in [1.54, 1.807) is 6.07 Å². The van der Waals surface area contributed by atoms with E-state index in [1.807, 2.05) is 30.1 Å². The normalized spacial score (nSPS) is 12.8. The highest BCUT2D eigenvalue weighted by molar-refractivity contribution is 6.28. The quantitative estimate of drug-likeness (QED) is 0.846. The maximum Gasteiger partial charge on any atom is 0.193 e. The first-order valence-electron chi connectivity index (χ1n) is 6.66. The van der Waals surface area contributed by atoms with E-state index in [1.165, 1.54) is 5.69 Å². The van der Waals surface area contributed by atoms with Gasteiger partial charge in [0.1, 0.15) is 5.76 Å². The molecule has 0 amide bonds. The van der Waals surface area contributed by atoms with Gasteiger partial charge in [0.15, 0.2) is 5.22 Å². The summed E-state index contributed by atoms with van der Waals surface area (Å²) in [6.07, 6.45) is 4.84. The molecule has 0 fully saturated rings. The van der Waals surface area contributed by atoms with Crippen LogP contribution in [0.4, 0.5) is 0 Å². The molecule has 1 N–H and O–H groups in total. The van der Waals surface area contributed by atoms with Gasteiger partial charge in [0.2, 0.25) is 0 Å². The van der Waals surface area contributed by atoms with Crippen molar-refractivity contribution in [3.63, 3.8) is 0 Å². The monoisotopic (exact) mass is 281 g/mol. The number of hydrogen-bond donors (Lipinski definition) is 1. The van der Waals surface area contributed by atoms with Gasteiger partial charge in [-0.2, -0.15) is 5.10 Å². The zero-order valence-corrected chi connectivity index (χ0v) is 12.2. The molecule has 2 aromatic rings. The minimum absolute atomic E-state index is 0.197. The third-order valence-corrected chi connectivity index (χ3v) is 3.39. The van der Waals surface area contributed by atoms with Crippen LogP contribution in [0.5, 0.6) is 0 Å². The van der Waals surface area contributed by atoms with E-state index < -0.39 is 0 Å². The minimum atomic E-state index is 0.197. The topological polar surface area (TPSA) is 43.0 Å². The van der Waals surface area contributed by atoms with E-state index in [4.69, 9.17) is 16.0 Å². The van der Waals surface area contributed by atoms with E-state index in [0.29, 0.717) is 5.22 Å². The highest BCUT2D eigenvalue weighted by atomic mass is 35.5. The van der Waals surface area contributed by atoms with Gasteiger partial charge >= 0.3 is 0 Å². The summed E-state index contributed by atoms with van der Waals surface area (Å²) in [5.41, 5.74) is 1.22. The van der Waals surface area contributed by atoms with Crippen LogP contribution >= 0.6 is 11.6 Å². The predicted octanol–water partition coefficient (Wildman–Crippen LogP) is 3.34. The maximum absolute atomic E-state index is 5.85. The average molecular weight is 282 g/mol. The van der Waals surface area contributed by atoms with Gasteiger partial charge in [-0.05, 0) is 55.6 Å². The van der Waals surface area contributed by atoms with Gasteiger partial charge in [-0.3, -0.25) is 4.68 Å². The second-order valence-electron chi connectivity index (χ2n) is 4.63. The molecule has 0 aliphatic carbocycles. The summed E-state index contributed by atoms with van der Waals surface area (Å²) in [4.78, 5) is 0. The Balaban J connectivity index is 1.99. The molecule has 2 heterocycles. The molecule has 19 heavy (non-hydrogen) atoms. The fourth-order valence-electron chi connectivity index (χ4n) is 2.12. The van der Waals surface area contributed by atoms with Crippen LogP contribution in [0, 0.1) is 0 Å². The van der Waals surface area contributed by atoms with Crippen LogP contribution in [0.2, 0.25) is 5.22 Å². The number of aromatic nitrogens is 2. The van der Waals surface area contributed by atoms with Gasteiger partial charge in [0, 0.05) is 18.9 Å². The van der Waals surface area contributed by atoms with Gasteiger partial charge in [-0.15, -0.1) is 0 Å². The van der Waals surface area contributed by atoms with Crippen molar-refractivity contribution in [2.24, 2.45) is 7.05 Å². The number of halogens is 1. The first-order chi connectivity index (χ1) is 9.20. The third-order valence-electron chi connectivity index (χ3n) is 3.19. The Hall–Kier alpha value is -1.26. The van der Waals surface area contributed by atoms with Crippen LogP contribution in [-0.2, 0) is 13.5 Å². The fourth-order valence-corrected chi connectivity index (χ4v) is 2.27. The molecule has 0 bridgehead atoms. The molecular weight excluding hydrogens is 262 g/mol. The van der Waals surface area contributed by atoms with Crippen LogP contribution in [0.15, 0.2) is 28.8 Å². The summed E-state index contributed by atoms with van der Waals surface area (Å²) < 4.78 is 7.43. The Morgan fingerprint density at radius 3 is 2.84 bits per heavy atom. The summed E-state index contributed by atoms with van der Waals surface area (Å²) in [6, 6.07) is 5.98. The molecule has 5 heteroatoms. The van der Waals surface area contributed by atoms with E-state index in [0.717, 1.165) is 31.6 Å². The third kappa shape index (κ3) is 3.85. The molecule has 0 aromatic carbocycles. The molecule has 1 atom stereocenters. The molecule has 0 aliphatic rings. The number of nitrogens with zero attached hydrogens (tertiary/aromatic N) is 2. The van der Waals surface area contributed by atoms with Gasteiger partial charge in [0.25, 0.3) is 0 Å². The first-order valence-corrected chi connectivity index (χ1v) is 7.04. The van der Waals surface area contributed by atoms with E-state index in [-0.39, 0.29) is 6.04 Å². The van der Waals surface area contributed by atoms with Crippen molar-refractivity contribution in [1.29, 1.82) is 0 Å². The predicted molar refractivity (Wildman–Crippen MR) is 76.3 cm³/mol. The zero-order chi connectivity index (χ0) is 13.7. The lowest BCUT2D eigenvalue weighted by Crippen LogP contribution is -2.22. The second-order valence-corrected chi connectivity index (χ2v) is 5.01. The highest BCUT2D eigenvalue weighted by Gasteiger charge is 2.15. The Morgan fingerprint density at radius 2 is 2.26 bits per heavy atom. The number of aryl methyl sites for hydroxylation is 2. The average Bonchev–Trinajstić information content (AvgIpc) is 2.99. The van der Waals surface area contributed by atoms with Crippen LogP contribution < -0.4 is 5.32 Å². The SMILES string of the molecule is CCCNC(CCc1ccnn1C)c1ccc(Cl)o1. The molecule has 1 unspecified atom stereocenters. The van der Waals surface area contributed by atoms with Crippen molar-refractivity contribution in [3.8, 4) is 0 Å². The van der Waals surface area contributed by atoms with Crippen molar-refractivity contribution in [1.82, 2.24) is 15.1 Å². The van der Waals surface area contributed by atoms with Crippen LogP contribution in [0.25, 0.3) is 0 Å². The molecule has 2 aromatic heterocycles. The summed E-state index contributed by atoms with van der Waals surface area (Å²) >= 11 is 5.85. The molecule has 2 rings (SSSR count). The molecule has 0 saturated carbocycles. The standard InChI is InChI=1S/C14H20ClN3O/c1-3-9-16-12(13-6-7-14(15)19-13)5-4-11-8-10-17-18(11)2/h6-8,10,12,16H,3-5,9H2,1-2H3. The fraction of sp³-hybridized carbons (Fsp3) is 0.500. The lowest BCUT2D eigenvalue weighted by molar-refractivity contribution is 0.394. The molecule has 0 saturated heterocycles. The summed E-state index contributed by atoms with van der Waals surface area (Å²) in [5, 5.41) is 8.13. The van der Waals surface area contributed by atoms with E-state index in [2.05, 4.69) is 17.3 Å². The van der Waals surface area contributed by atoms with Crippen LogP contribution in [-0.4, -0.2) is 16.3 Å². The van der Waals surface area contributed by atoms with Crippen LogP contribution in [0.3, 0.4) is 0 Å². The van der Waals surface area contributed by atoms with Crippen molar-refractivity contribution in [2.75, 3.05) is 6.54 Å². The Labute approximate surface area is 118 Å². The minimum Gasteiger partial charge on any atom is -0.448 e. The Kier molecular flexibility index (Phi) is 5.05. The summed E-state index contributed by atoms with van der Waals surface area (Å²) in [6.45, 7) is 3.12. The van der Waals surface area contributed by atoms with Gasteiger partial charge < -0.3 is 9.73 Å². The Bertz CT molecular complexity index is 506. The molecule has 0 spiro atoms. The number of nitrogens with one attached hydrogen (secondary N) is 1. The van der Waals surface area contributed by atoms with Crippen molar-refractivity contribution >= 4 is 11.6 Å².